The molecule has 0 aromatic carbocycles. The Balaban J connectivity index is 1.55. The summed E-state index contributed by atoms with van der Waals surface area (Å²) in [6.45, 7) is 6.32. The number of aryl methyl sites for hydroxylation is 2. The molecule has 0 radical (unpaired) electrons. The standard InChI is InChI=1S/C22H31N3O2/c1-14-5-4-7-22(11-17(9-14)12-22)19(13-26)24-21(27)18-6-8-25-16(3)10-15(2)23-20(18)25/h6,8,10,14,17,19,26H,4-5,7,9,11-13H2,1-3H3,(H,24,27). The summed E-state index contributed by atoms with van der Waals surface area (Å²) >= 11 is 0. The fourth-order valence-electron chi connectivity index (χ4n) is 5.61. The van der Waals surface area contributed by atoms with E-state index in [0.29, 0.717) is 11.2 Å². The number of carbonyl (C=O) groups is 1. The van der Waals surface area contributed by atoms with E-state index >= 15 is 0 Å². The van der Waals surface area contributed by atoms with Gasteiger partial charge in [-0.3, -0.25) is 4.79 Å². The first-order valence-electron chi connectivity index (χ1n) is 10.3. The van der Waals surface area contributed by atoms with Crippen molar-refractivity contribution in [2.24, 2.45) is 17.3 Å². The summed E-state index contributed by atoms with van der Waals surface area (Å²) < 4.78 is 1.95. The lowest BCUT2D eigenvalue weighted by molar-refractivity contribution is -0.0356. The SMILES string of the molecule is Cc1cc(C)n2ccc(C(=O)NC(CO)C34CCCC(C)CC(C3)C4)c2n1. The summed E-state index contributed by atoms with van der Waals surface area (Å²) in [4.78, 5) is 17.6. The van der Waals surface area contributed by atoms with Crippen LogP contribution < -0.4 is 5.32 Å². The molecule has 5 heteroatoms. The third kappa shape index (κ3) is 3.27. The molecule has 27 heavy (non-hydrogen) atoms. The molecule has 0 spiro atoms. The molecule has 3 saturated carbocycles. The molecule has 146 valence electrons. The first-order chi connectivity index (χ1) is 12.9. The van der Waals surface area contributed by atoms with Crippen molar-refractivity contribution in [3.05, 3.63) is 35.3 Å². The Morgan fingerprint density at radius 3 is 2.96 bits per heavy atom. The molecule has 0 aliphatic heterocycles. The average molecular weight is 370 g/mol. The number of aliphatic hydroxyl groups is 1. The lowest BCUT2D eigenvalue weighted by Gasteiger charge is -2.54. The molecule has 1 amide bonds. The monoisotopic (exact) mass is 369 g/mol. The molecule has 5 nitrogen and oxygen atoms in total. The van der Waals surface area contributed by atoms with E-state index in [1.165, 1.54) is 19.3 Å². The first-order valence-corrected chi connectivity index (χ1v) is 10.3. The van der Waals surface area contributed by atoms with Crippen molar-refractivity contribution in [2.75, 3.05) is 6.61 Å². The van der Waals surface area contributed by atoms with Crippen molar-refractivity contribution in [3.63, 3.8) is 0 Å². The zero-order valence-electron chi connectivity index (χ0n) is 16.7. The van der Waals surface area contributed by atoms with Crippen LogP contribution in [0.15, 0.2) is 18.3 Å². The number of carbonyl (C=O) groups excluding carboxylic acids is 1. The van der Waals surface area contributed by atoms with Gasteiger partial charge >= 0.3 is 0 Å². The average Bonchev–Trinajstić information content (AvgIpc) is 2.98. The number of hydrogen-bond acceptors (Lipinski definition) is 3. The fourth-order valence-corrected chi connectivity index (χ4v) is 5.61. The van der Waals surface area contributed by atoms with Gasteiger partial charge in [0.05, 0.1) is 18.2 Å². The van der Waals surface area contributed by atoms with Gasteiger partial charge < -0.3 is 14.8 Å². The highest BCUT2D eigenvalue weighted by atomic mass is 16.3. The topological polar surface area (TPSA) is 66.6 Å². The first kappa shape index (κ1) is 18.5. The van der Waals surface area contributed by atoms with Gasteiger partial charge in [-0.15, -0.1) is 0 Å². The van der Waals surface area contributed by atoms with Crippen LogP contribution in [0.4, 0.5) is 0 Å². The third-order valence-electron chi connectivity index (χ3n) is 6.91. The molecular formula is C22H31N3O2. The van der Waals surface area contributed by atoms with Gasteiger partial charge in [-0.1, -0.05) is 19.8 Å². The van der Waals surface area contributed by atoms with E-state index in [1.807, 2.05) is 36.6 Å². The Morgan fingerprint density at radius 1 is 1.44 bits per heavy atom. The maximum atomic E-state index is 13.0. The predicted molar refractivity (Wildman–Crippen MR) is 106 cm³/mol. The Bertz CT molecular complexity index is 845. The van der Waals surface area contributed by atoms with E-state index in [2.05, 4.69) is 17.2 Å². The Hall–Kier alpha value is -1.88. The largest absolute Gasteiger partial charge is 0.394 e. The third-order valence-corrected chi connectivity index (χ3v) is 6.91. The second kappa shape index (κ2) is 6.93. The van der Waals surface area contributed by atoms with Crippen molar-refractivity contribution in [1.82, 2.24) is 14.7 Å². The summed E-state index contributed by atoms with van der Waals surface area (Å²) in [5.74, 6) is 1.44. The highest BCUT2D eigenvalue weighted by molar-refractivity contribution is 6.00. The van der Waals surface area contributed by atoms with Crippen LogP contribution in [0.3, 0.4) is 0 Å². The second-order valence-corrected chi connectivity index (χ2v) is 9.04. The van der Waals surface area contributed by atoms with E-state index in [1.54, 1.807) is 0 Å². The molecule has 2 atom stereocenters. The summed E-state index contributed by atoms with van der Waals surface area (Å²) in [7, 11) is 0. The molecule has 2 unspecified atom stereocenters. The van der Waals surface area contributed by atoms with E-state index in [9.17, 15) is 9.90 Å². The zero-order chi connectivity index (χ0) is 19.2. The smallest absolute Gasteiger partial charge is 0.255 e. The lowest BCUT2D eigenvalue weighted by Crippen LogP contribution is -2.56. The van der Waals surface area contributed by atoms with Crippen molar-refractivity contribution in [1.29, 1.82) is 0 Å². The molecule has 2 bridgehead atoms. The molecule has 3 aliphatic rings. The Kier molecular flexibility index (Phi) is 4.75. The van der Waals surface area contributed by atoms with E-state index in [-0.39, 0.29) is 24.0 Å². The van der Waals surface area contributed by atoms with Crippen molar-refractivity contribution < 1.29 is 9.90 Å². The number of hydrogen-bond donors (Lipinski definition) is 2. The van der Waals surface area contributed by atoms with Crippen LogP contribution in [0.1, 0.15) is 67.2 Å². The zero-order valence-corrected chi connectivity index (χ0v) is 16.7. The maximum absolute atomic E-state index is 13.0. The highest BCUT2D eigenvalue weighted by Gasteiger charge is 2.50. The lowest BCUT2D eigenvalue weighted by atomic mass is 9.53. The van der Waals surface area contributed by atoms with Crippen LogP contribution in [0.25, 0.3) is 5.65 Å². The van der Waals surface area contributed by atoms with E-state index < -0.39 is 0 Å². The minimum Gasteiger partial charge on any atom is -0.394 e. The number of rotatable bonds is 4. The molecule has 5 rings (SSSR count). The van der Waals surface area contributed by atoms with Gasteiger partial charge in [-0.25, -0.2) is 4.98 Å². The van der Waals surface area contributed by atoms with Gasteiger partial charge in [-0.2, -0.15) is 0 Å². The van der Waals surface area contributed by atoms with Crippen LogP contribution in [-0.4, -0.2) is 33.0 Å². The van der Waals surface area contributed by atoms with Gasteiger partial charge in [0.15, 0.2) is 0 Å². The van der Waals surface area contributed by atoms with Crippen LogP contribution in [0.5, 0.6) is 0 Å². The number of fused-ring (bicyclic) bond motifs is 5. The highest BCUT2D eigenvalue weighted by Crippen LogP contribution is 2.55. The van der Waals surface area contributed by atoms with Gasteiger partial charge in [0.1, 0.15) is 5.65 Å². The summed E-state index contributed by atoms with van der Waals surface area (Å²) in [5.41, 5.74) is 3.32. The molecule has 2 heterocycles. The predicted octanol–water partition coefficient (Wildman–Crippen LogP) is 3.65. The molecule has 2 aromatic rings. The van der Waals surface area contributed by atoms with Crippen molar-refractivity contribution in [2.45, 2.75) is 65.3 Å². The Labute approximate surface area is 161 Å². The van der Waals surface area contributed by atoms with Gasteiger partial charge in [-0.05, 0) is 68.9 Å². The number of nitrogens with one attached hydrogen (secondary N) is 1. The molecule has 0 saturated heterocycles. The number of aromatic nitrogens is 2. The Morgan fingerprint density at radius 2 is 2.22 bits per heavy atom. The second-order valence-electron chi connectivity index (χ2n) is 9.04. The van der Waals surface area contributed by atoms with Gasteiger partial charge in [0, 0.05) is 17.6 Å². The molecule has 2 aromatic heterocycles. The molecular weight excluding hydrogens is 338 g/mol. The number of aliphatic hydroxyl groups excluding tert-OH is 1. The van der Waals surface area contributed by atoms with Crippen LogP contribution in [-0.2, 0) is 0 Å². The fraction of sp³-hybridized carbons (Fsp3) is 0.636. The van der Waals surface area contributed by atoms with Crippen LogP contribution >= 0.6 is 0 Å². The molecule has 3 aliphatic carbocycles. The molecule has 2 N–H and O–H groups in total. The normalized spacial score (nSPS) is 28.9. The minimum absolute atomic E-state index is 0.00524. The van der Waals surface area contributed by atoms with Gasteiger partial charge in [0.25, 0.3) is 5.91 Å². The van der Waals surface area contributed by atoms with Gasteiger partial charge in [0.2, 0.25) is 0 Å². The summed E-state index contributed by atoms with van der Waals surface area (Å²) in [6, 6.07) is 3.67. The molecule has 3 fully saturated rings. The van der Waals surface area contributed by atoms with E-state index in [4.69, 9.17) is 0 Å². The summed E-state index contributed by atoms with van der Waals surface area (Å²) in [6.07, 6.45) is 9.01. The van der Waals surface area contributed by atoms with Crippen LogP contribution in [0.2, 0.25) is 0 Å². The number of amides is 1. The quantitative estimate of drug-likeness (QED) is 0.864. The summed E-state index contributed by atoms with van der Waals surface area (Å²) in [5, 5.41) is 13.3. The van der Waals surface area contributed by atoms with Crippen molar-refractivity contribution in [3.8, 4) is 0 Å². The number of nitrogens with zero attached hydrogens (tertiary/aromatic N) is 2. The van der Waals surface area contributed by atoms with Crippen molar-refractivity contribution >= 4 is 11.6 Å². The maximum Gasteiger partial charge on any atom is 0.255 e. The van der Waals surface area contributed by atoms with Crippen LogP contribution in [0, 0.1) is 31.1 Å². The van der Waals surface area contributed by atoms with E-state index in [0.717, 1.165) is 42.5 Å². The minimum atomic E-state index is -0.171.